The first-order valence-electron chi connectivity index (χ1n) is 8.26. The summed E-state index contributed by atoms with van der Waals surface area (Å²) in [6, 6.07) is 19.1. The van der Waals surface area contributed by atoms with Crippen molar-refractivity contribution in [2.75, 3.05) is 0 Å². The third-order valence-corrected chi connectivity index (χ3v) is 5.14. The first-order chi connectivity index (χ1) is 11.5. The van der Waals surface area contributed by atoms with Gasteiger partial charge in [-0.05, 0) is 30.5 Å². The van der Waals surface area contributed by atoms with Crippen LogP contribution in [0.5, 0.6) is 0 Å². The van der Waals surface area contributed by atoms with Crippen molar-refractivity contribution in [1.29, 1.82) is 0 Å². The van der Waals surface area contributed by atoms with Crippen molar-refractivity contribution < 1.29 is 8.42 Å². The SMILES string of the molecule is CC(C)NC(/C=C/S(=O)(=O)c1ccccc1)CCc1ccccc1. The Morgan fingerprint density at radius 2 is 1.54 bits per heavy atom. The molecule has 1 atom stereocenters. The number of nitrogens with one attached hydrogen (secondary N) is 1. The second kappa shape index (κ2) is 8.81. The van der Waals surface area contributed by atoms with E-state index in [2.05, 4.69) is 31.3 Å². The molecule has 0 aliphatic heterocycles. The van der Waals surface area contributed by atoms with Gasteiger partial charge in [0.2, 0.25) is 0 Å². The summed E-state index contributed by atoms with van der Waals surface area (Å²) < 4.78 is 24.8. The molecule has 2 aromatic rings. The molecule has 0 heterocycles. The molecule has 0 spiro atoms. The molecule has 1 unspecified atom stereocenters. The zero-order valence-corrected chi connectivity index (χ0v) is 15.0. The van der Waals surface area contributed by atoms with Crippen molar-refractivity contribution >= 4 is 9.84 Å². The molecule has 0 aromatic heterocycles. The molecular weight excluding hydrogens is 318 g/mol. The van der Waals surface area contributed by atoms with E-state index >= 15 is 0 Å². The predicted octanol–water partition coefficient (Wildman–Crippen LogP) is 3.97. The molecule has 0 aliphatic rings. The van der Waals surface area contributed by atoms with E-state index in [1.807, 2.05) is 24.3 Å². The molecule has 2 aromatic carbocycles. The molecule has 0 saturated heterocycles. The number of aryl methyl sites for hydroxylation is 1. The van der Waals surface area contributed by atoms with E-state index in [0.717, 1.165) is 12.8 Å². The van der Waals surface area contributed by atoms with Gasteiger partial charge in [-0.2, -0.15) is 0 Å². The average molecular weight is 343 g/mol. The zero-order chi connectivity index (χ0) is 17.4. The first kappa shape index (κ1) is 18.4. The van der Waals surface area contributed by atoms with Crippen LogP contribution in [0.25, 0.3) is 0 Å². The molecular formula is C20H25NO2S. The Morgan fingerprint density at radius 3 is 2.12 bits per heavy atom. The van der Waals surface area contributed by atoms with Crippen molar-refractivity contribution in [1.82, 2.24) is 5.32 Å². The average Bonchev–Trinajstić information content (AvgIpc) is 2.59. The quantitative estimate of drug-likeness (QED) is 0.789. The van der Waals surface area contributed by atoms with Gasteiger partial charge in [0.1, 0.15) is 0 Å². The third-order valence-electron chi connectivity index (χ3n) is 3.70. The Labute approximate surface area is 145 Å². The van der Waals surface area contributed by atoms with Crippen LogP contribution in [0.15, 0.2) is 77.0 Å². The molecule has 0 fully saturated rings. The highest BCUT2D eigenvalue weighted by Gasteiger charge is 2.12. The van der Waals surface area contributed by atoms with E-state index in [9.17, 15) is 8.42 Å². The molecule has 1 N–H and O–H groups in total. The molecule has 128 valence electrons. The third kappa shape index (κ3) is 5.95. The zero-order valence-electron chi connectivity index (χ0n) is 14.2. The lowest BCUT2D eigenvalue weighted by atomic mass is 10.0. The van der Waals surface area contributed by atoms with E-state index < -0.39 is 9.84 Å². The lowest BCUT2D eigenvalue weighted by Gasteiger charge is -2.18. The number of hydrogen-bond acceptors (Lipinski definition) is 3. The number of rotatable bonds is 8. The standard InChI is InChI=1S/C20H25NO2S/c1-17(2)21-19(14-13-18-9-5-3-6-10-18)15-16-24(22,23)20-11-7-4-8-12-20/h3-12,15-17,19,21H,13-14H2,1-2H3/b16-15+. The van der Waals surface area contributed by atoms with Crippen molar-refractivity contribution in [3.63, 3.8) is 0 Å². The van der Waals surface area contributed by atoms with Gasteiger partial charge in [0.25, 0.3) is 0 Å². The number of hydrogen-bond donors (Lipinski definition) is 1. The Morgan fingerprint density at radius 1 is 0.958 bits per heavy atom. The van der Waals surface area contributed by atoms with Gasteiger partial charge in [-0.25, -0.2) is 8.42 Å². The van der Waals surface area contributed by atoms with Crippen molar-refractivity contribution in [2.24, 2.45) is 0 Å². The van der Waals surface area contributed by atoms with Crippen molar-refractivity contribution in [2.45, 2.75) is 43.7 Å². The minimum Gasteiger partial charge on any atom is -0.308 e. The predicted molar refractivity (Wildman–Crippen MR) is 99.6 cm³/mol. The normalized spacial score (nSPS) is 13.5. The lowest BCUT2D eigenvalue weighted by Crippen LogP contribution is -2.33. The maximum absolute atomic E-state index is 12.4. The van der Waals surface area contributed by atoms with Crippen LogP contribution >= 0.6 is 0 Å². The minimum atomic E-state index is -3.39. The van der Waals surface area contributed by atoms with Crippen LogP contribution in [-0.4, -0.2) is 20.5 Å². The van der Waals surface area contributed by atoms with E-state index in [-0.39, 0.29) is 12.1 Å². The van der Waals surface area contributed by atoms with Crippen LogP contribution in [0.4, 0.5) is 0 Å². The number of sulfone groups is 1. The first-order valence-corrected chi connectivity index (χ1v) is 9.80. The molecule has 3 nitrogen and oxygen atoms in total. The highest BCUT2D eigenvalue weighted by Crippen LogP contribution is 2.13. The molecule has 0 bridgehead atoms. The largest absolute Gasteiger partial charge is 0.308 e. The van der Waals surface area contributed by atoms with E-state index in [1.165, 1.54) is 11.0 Å². The van der Waals surface area contributed by atoms with Gasteiger partial charge in [-0.1, -0.05) is 68.5 Å². The fourth-order valence-corrected chi connectivity index (χ4v) is 3.61. The summed E-state index contributed by atoms with van der Waals surface area (Å²) in [4.78, 5) is 0.326. The Kier molecular flexibility index (Phi) is 6.76. The topological polar surface area (TPSA) is 46.2 Å². The lowest BCUT2D eigenvalue weighted by molar-refractivity contribution is 0.498. The Bertz CT molecular complexity index is 738. The number of benzene rings is 2. The van der Waals surface area contributed by atoms with Gasteiger partial charge in [-0.15, -0.1) is 0 Å². The summed E-state index contributed by atoms with van der Waals surface area (Å²) in [6.45, 7) is 4.13. The molecule has 24 heavy (non-hydrogen) atoms. The second-order valence-electron chi connectivity index (χ2n) is 6.14. The summed E-state index contributed by atoms with van der Waals surface area (Å²) in [7, 11) is -3.39. The summed E-state index contributed by atoms with van der Waals surface area (Å²) in [6.07, 6.45) is 3.52. The summed E-state index contributed by atoms with van der Waals surface area (Å²) in [5.41, 5.74) is 1.26. The molecule has 0 radical (unpaired) electrons. The van der Waals surface area contributed by atoms with Crippen molar-refractivity contribution in [3.8, 4) is 0 Å². The van der Waals surface area contributed by atoms with Crippen LogP contribution in [0.2, 0.25) is 0 Å². The van der Waals surface area contributed by atoms with Gasteiger partial charge in [0.05, 0.1) is 4.90 Å². The smallest absolute Gasteiger partial charge is 0.199 e. The molecule has 2 rings (SSSR count). The molecule has 0 aliphatic carbocycles. The highest BCUT2D eigenvalue weighted by atomic mass is 32.2. The van der Waals surface area contributed by atoms with E-state index in [4.69, 9.17) is 0 Å². The van der Waals surface area contributed by atoms with E-state index in [1.54, 1.807) is 30.3 Å². The fraction of sp³-hybridized carbons (Fsp3) is 0.300. The van der Waals surface area contributed by atoms with Gasteiger partial charge >= 0.3 is 0 Å². The maximum Gasteiger partial charge on any atom is 0.199 e. The fourth-order valence-electron chi connectivity index (χ4n) is 2.52. The minimum absolute atomic E-state index is 0.0173. The van der Waals surface area contributed by atoms with E-state index in [0.29, 0.717) is 4.90 Å². The second-order valence-corrected chi connectivity index (χ2v) is 7.97. The molecule has 0 saturated carbocycles. The summed E-state index contributed by atoms with van der Waals surface area (Å²) in [5, 5.41) is 4.75. The van der Waals surface area contributed by atoms with Gasteiger partial charge in [-0.3, -0.25) is 0 Å². The molecule has 4 heteroatoms. The van der Waals surface area contributed by atoms with Crippen LogP contribution in [-0.2, 0) is 16.3 Å². The van der Waals surface area contributed by atoms with Crippen molar-refractivity contribution in [3.05, 3.63) is 77.7 Å². The highest BCUT2D eigenvalue weighted by molar-refractivity contribution is 7.94. The van der Waals surface area contributed by atoms with Gasteiger partial charge in [0, 0.05) is 17.5 Å². The summed E-state index contributed by atoms with van der Waals surface area (Å²) >= 11 is 0. The maximum atomic E-state index is 12.4. The van der Waals surface area contributed by atoms with Crippen LogP contribution in [0.1, 0.15) is 25.8 Å². The van der Waals surface area contributed by atoms with Gasteiger partial charge < -0.3 is 5.32 Å². The Balaban J connectivity index is 2.07. The monoisotopic (exact) mass is 343 g/mol. The molecule has 0 amide bonds. The van der Waals surface area contributed by atoms with Gasteiger partial charge in [0.15, 0.2) is 9.84 Å². The van der Waals surface area contributed by atoms with Crippen LogP contribution < -0.4 is 5.32 Å². The van der Waals surface area contributed by atoms with Crippen LogP contribution in [0.3, 0.4) is 0 Å². The van der Waals surface area contributed by atoms with Crippen LogP contribution in [0, 0.1) is 0 Å². The Hall–Kier alpha value is -1.91. The summed E-state index contributed by atoms with van der Waals surface area (Å²) in [5.74, 6) is 0.